The van der Waals surface area contributed by atoms with Crippen molar-refractivity contribution in [3.8, 4) is 5.75 Å². The van der Waals surface area contributed by atoms with Crippen LogP contribution in [0, 0.1) is 5.92 Å². The van der Waals surface area contributed by atoms with Gasteiger partial charge in [-0.1, -0.05) is 26.0 Å². The van der Waals surface area contributed by atoms with Crippen LogP contribution in [0.15, 0.2) is 24.3 Å². The van der Waals surface area contributed by atoms with Crippen molar-refractivity contribution in [1.29, 1.82) is 0 Å². The Morgan fingerprint density at radius 2 is 2.00 bits per heavy atom. The summed E-state index contributed by atoms with van der Waals surface area (Å²) in [5.41, 5.74) is 1.03. The van der Waals surface area contributed by atoms with Crippen LogP contribution in [-0.4, -0.2) is 17.2 Å². The summed E-state index contributed by atoms with van der Waals surface area (Å²) in [6.45, 7) is 7.72. The molecule has 3 nitrogen and oxygen atoms in total. The van der Waals surface area contributed by atoms with Crippen molar-refractivity contribution in [3.63, 3.8) is 0 Å². The molecule has 100 valence electrons. The molecule has 0 radical (unpaired) electrons. The highest BCUT2D eigenvalue weighted by molar-refractivity contribution is 5.71. The smallest absolute Gasteiger partial charge is 0.306 e. The van der Waals surface area contributed by atoms with E-state index in [4.69, 9.17) is 9.84 Å². The van der Waals surface area contributed by atoms with E-state index in [1.54, 1.807) is 6.92 Å². The van der Waals surface area contributed by atoms with Crippen molar-refractivity contribution in [2.24, 2.45) is 5.92 Å². The average Bonchev–Trinajstić information content (AvgIpc) is 2.29. The number of carbonyl (C=O) groups is 1. The first-order valence-corrected chi connectivity index (χ1v) is 6.45. The molecule has 0 aliphatic heterocycles. The normalized spacial score (nSPS) is 14.3. The highest BCUT2D eigenvalue weighted by Gasteiger charge is 2.23. The van der Waals surface area contributed by atoms with Crippen LogP contribution < -0.4 is 4.74 Å². The molecule has 1 rings (SSSR count). The Balaban J connectivity index is 2.96. The van der Waals surface area contributed by atoms with Gasteiger partial charge in [-0.3, -0.25) is 4.79 Å². The van der Waals surface area contributed by atoms with Gasteiger partial charge in [0.1, 0.15) is 5.75 Å². The lowest BCUT2D eigenvalue weighted by atomic mass is 9.85. The highest BCUT2D eigenvalue weighted by Crippen LogP contribution is 2.30. The summed E-state index contributed by atoms with van der Waals surface area (Å²) in [6.07, 6.45) is 0.927. The predicted molar refractivity (Wildman–Crippen MR) is 72.0 cm³/mol. The Labute approximate surface area is 109 Å². The fraction of sp³-hybridized carbons (Fsp3) is 0.533. The summed E-state index contributed by atoms with van der Waals surface area (Å²) < 4.78 is 5.64. The maximum atomic E-state index is 11.1. The molecule has 0 fully saturated rings. The zero-order valence-electron chi connectivity index (χ0n) is 11.5. The van der Waals surface area contributed by atoms with Gasteiger partial charge in [-0.2, -0.15) is 0 Å². The number of rotatable bonds is 6. The summed E-state index contributed by atoms with van der Waals surface area (Å²) in [4.78, 5) is 11.1. The van der Waals surface area contributed by atoms with Crippen molar-refractivity contribution in [2.75, 3.05) is 0 Å². The zero-order chi connectivity index (χ0) is 13.7. The maximum Gasteiger partial charge on any atom is 0.306 e. The number of hydrogen-bond acceptors (Lipinski definition) is 2. The van der Waals surface area contributed by atoms with Crippen LogP contribution in [0.25, 0.3) is 0 Å². The lowest BCUT2D eigenvalue weighted by Gasteiger charge is -2.20. The standard InChI is InChI=1S/C15H22O3/c1-5-14(11(4)15(16)17)12-7-6-8-13(9-12)18-10(2)3/h6-11,14H,5H2,1-4H3,(H,16,17)/t11-,14+/m0/s1. The third-order valence-electron chi connectivity index (χ3n) is 3.09. The Hall–Kier alpha value is -1.51. The molecule has 0 spiro atoms. The van der Waals surface area contributed by atoms with E-state index < -0.39 is 5.97 Å². The molecule has 0 saturated heterocycles. The van der Waals surface area contributed by atoms with Crippen LogP contribution in [0.3, 0.4) is 0 Å². The topological polar surface area (TPSA) is 46.5 Å². The quantitative estimate of drug-likeness (QED) is 0.837. The van der Waals surface area contributed by atoms with E-state index in [1.165, 1.54) is 0 Å². The van der Waals surface area contributed by atoms with E-state index >= 15 is 0 Å². The molecule has 0 aliphatic carbocycles. The number of carboxylic acids is 1. The van der Waals surface area contributed by atoms with Gasteiger partial charge in [0, 0.05) is 0 Å². The Bertz CT molecular complexity index is 398. The van der Waals surface area contributed by atoms with E-state index in [0.717, 1.165) is 17.7 Å². The first kappa shape index (κ1) is 14.6. The minimum atomic E-state index is -0.753. The van der Waals surface area contributed by atoms with Crippen LogP contribution >= 0.6 is 0 Å². The van der Waals surface area contributed by atoms with Gasteiger partial charge in [-0.15, -0.1) is 0 Å². The number of hydrogen-bond donors (Lipinski definition) is 1. The predicted octanol–water partition coefficient (Wildman–Crippen LogP) is 3.69. The van der Waals surface area contributed by atoms with Gasteiger partial charge in [0.2, 0.25) is 0 Å². The molecule has 1 aromatic carbocycles. The second kappa shape index (κ2) is 6.43. The van der Waals surface area contributed by atoms with E-state index in [9.17, 15) is 4.79 Å². The molecule has 0 aromatic heterocycles. The second-order valence-corrected chi connectivity index (χ2v) is 4.88. The van der Waals surface area contributed by atoms with Crippen molar-refractivity contribution in [1.82, 2.24) is 0 Å². The van der Waals surface area contributed by atoms with Crippen molar-refractivity contribution in [2.45, 2.75) is 46.1 Å². The Morgan fingerprint density at radius 3 is 2.50 bits per heavy atom. The van der Waals surface area contributed by atoms with Crippen molar-refractivity contribution < 1.29 is 14.6 Å². The van der Waals surface area contributed by atoms with Crippen LogP contribution in [0.1, 0.15) is 45.6 Å². The van der Waals surface area contributed by atoms with E-state index in [-0.39, 0.29) is 17.9 Å². The summed E-state index contributed by atoms with van der Waals surface area (Å²) in [5, 5.41) is 9.13. The summed E-state index contributed by atoms with van der Waals surface area (Å²) >= 11 is 0. The van der Waals surface area contributed by atoms with Crippen LogP contribution in [-0.2, 0) is 4.79 Å². The molecule has 0 saturated carbocycles. The van der Waals surface area contributed by atoms with Crippen molar-refractivity contribution >= 4 is 5.97 Å². The first-order valence-electron chi connectivity index (χ1n) is 6.45. The summed E-state index contributed by atoms with van der Waals surface area (Å²) in [7, 11) is 0. The van der Waals surface area contributed by atoms with Gasteiger partial charge < -0.3 is 9.84 Å². The lowest BCUT2D eigenvalue weighted by Crippen LogP contribution is -2.18. The number of carboxylic acid groups (broad SMARTS) is 1. The van der Waals surface area contributed by atoms with E-state index in [0.29, 0.717) is 0 Å². The molecule has 3 heteroatoms. The third-order valence-corrected chi connectivity index (χ3v) is 3.09. The van der Waals surface area contributed by atoms with Crippen molar-refractivity contribution in [3.05, 3.63) is 29.8 Å². The molecule has 0 aliphatic rings. The minimum absolute atomic E-state index is 0.0261. The van der Waals surface area contributed by atoms with Gasteiger partial charge in [-0.05, 0) is 43.9 Å². The molecule has 1 N–H and O–H groups in total. The highest BCUT2D eigenvalue weighted by atomic mass is 16.5. The fourth-order valence-electron chi connectivity index (χ4n) is 2.14. The molecule has 0 heterocycles. The first-order chi connectivity index (χ1) is 8.45. The van der Waals surface area contributed by atoms with Gasteiger partial charge in [-0.25, -0.2) is 0 Å². The van der Waals surface area contributed by atoms with Crippen LogP contribution in [0.5, 0.6) is 5.75 Å². The van der Waals surface area contributed by atoms with Crippen LogP contribution in [0.2, 0.25) is 0 Å². The Kier molecular flexibility index (Phi) is 5.20. The van der Waals surface area contributed by atoms with Gasteiger partial charge in [0.25, 0.3) is 0 Å². The molecule has 0 unspecified atom stereocenters. The zero-order valence-corrected chi connectivity index (χ0v) is 11.5. The number of ether oxygens (including phenoxy) is 1. The molecule has 1 aromatic rings. The summed E-state index contributed by atoms with van der Waals surface area (Å²) in [6, 6.07) is 7.75. The third kappa shape index (κ3) is 3.76. The number of benzene rings is 1. The molecular formula is C15H22O3. The SMILES string of the molecule is CC[C@@H](c1cccc(OC(C)C)c1)[C@H](C)C(=O)O. The fourth-order valence-corrected chi connectivity index (χ4v) is 2.14. The molecular weight excluding hydrogens is 228 g/mol. The molecule has 18 heavy (non-hydrogen) atoms. The van der Waals surface area contributed by atoms with Gasteiger partial charge >= 0.3 is 5.97 Å². The summed E-state index contributed by atoms with van der Waals surface area (Å²) in [5.74, 6) is -0.307. The average molecular weight is 250 g/mol. The Morgan fingerprint density at radius 1 is 1.33 bits per heavy atom. The van der Waals surface area contributed by atoms with Gasteiger partial charge in [0.15, 0.2) is 0 Å². The minimum Gasteiger partial charge on any atom is -0.491 e. The van der Waals surface area contributed by atoms with Gasteiger partial charge in [0.05, 0.1) is 12.0 Å². The van der Waals surface area contributed by atoms with E-state index in [1.807, 2.05) is 45.0 Å². The lowest BCUT2D eigenvalue weighted by molar-refractivity contribution is -0.141. The van der Waals surface area contributed by atoms with Crippen LogP contribution in [0.4, 0.5) is 0 Å². The van der Waals surface area contributed by atoms with E-state index in [2.05, 4.69) is 0 Å². The maximum absolute atomic E-state index is 11.1. The monoisotopic (exact) mass is 250 g/mol. The molecule has 2 atom stereocenters. The molecule has 0 bridgehead atoms. The largest absolute Gasteiger partial charge is 0.491 e. The second-order valence-electron chi connectivity index (χ2n) is 4.88. The molecule has 0 amide bonds. The number of aliphatic carboxylic acids is 1.